The molecule has 102 valence electrons. The van der Waals surface area contributed by atoms with Crippen molar-refractivity contribution in [3.8, 4) is 0 Å². The van der Waals surface area contributed by atoms with Crippen LogP contribution in [0, 0.1) is 0 Å². The van der Waals surface area contributed by atoms with Crippen molar-refractivity contribution in [1.82, 2.24) is 9.71 Å². The second-order valence-corrected chi connectivity index (χ2v) is 7.35. The molecule has 0 amide bonds. The highest BCUT2D eigenvalue weighted by Crippen LogP contribution is 2.12. The summed E-state index contributed by atoms with van der Waals surface area (Å²) < 4.78 is 37.6. The van der Waals surface area contributed by atoms with Crippen LogP contribution in [-0.2, 0) is 27.4 Å². The van der Waals surface area contributed by atoms with Crippen LogP contribution >= 0.6 is 0 Å². The molecular weight excluding hydrogens is 274 g/mol. The Morgan fingerprint density at radius 1 is 1.56 bits per heavy atom. The first-order valence-electron chi connectivity index (χ1n) is 5.34. The number of aromatic nitrogens is 1. The molecule has 0 saturated carbocycles. The van der Waals surface area contributed by atoms with Crippen LogP contribution in [0.1, 0.15) is 12.6 Å². The summed E-state index contributed by atoms with van der Waals surface area (Å²) in [4.78, 5) is 3.99. The first kappa shape index (κ1) is 15.2. The van der Waals surface area contributed by atoms with Gasteiger partial charge in [0.05, 0.1) is 5.69 Å². The quantitative estimate of drug-likeness (QED) is 0.741. The van der Waals surface area contributed by atoms with Crippen molar-refractivity contribution in [1.29, 1.82) is 0 Å². The second kappa shape index (κ2) is 6.37. The van der Waals surface area contributed by atoms with Gasteiger partial charge in [-0.15, -0.1) is 0 Å². The molecule has 2 atom stereocenters. The Bertz CT molecular complexity index is 531. The van der Waals surface area contributed by atoms with Gasteiger partial charge in [0.2, 0.25) is 10.0 Å². The molecule has 0 bridgehead atoms. The van der Waals surface area contributed by atoms with Crippen LogP contribution in [0.2, 0.25) is 0 Å². The lowest BCUT2D eigenvalue weighted by atomic mass is 10.3. The topological polar surface area (TPSA) is 102 Å². The summed E-state index contributed by atoms with van der Waals surface area (Å²) in [7, 11) is -4.73. The fourth-order valence-electron chi connectivity index (χ4n) is 1.24. The van der Waals surface area contributed by atoms with Crippen molar-refractivity contribution in [2.45, 2.75) is 23.6 Å². The summed E-state index contributed by atoms with van der Waals surface area (Å²) in [6, 6.07) is 2.99. The van der Waals surface area contributed by atoms with Gasteiger partial charge in [0, 0.05) is 41.6 Å². The highest BCUT2D eigenvalue weighted by Gasteiger charge is 2.19. The number of pyridine rings is 1. The molecule has 8 heteroatoms. The van der Waals surface area contributed by atoms with E-state index in [0.29, 0.717) is 5.69 Å². The highest BCUT2D eigenvalue weighted by molar-refractivity contribution is 7.89. The number of rotatable bonds is 6. The van der Waals surface area contributed by atoms with Crippen molar-refractivity contribution < 1.29 is 12.6 Å². The number of nitrogens with one attached hydrogen (secondary N) is 1. The fraction of sp³-hybridized carbons (Fsp3) is 0.500. The van der Waals surface area contributed by atoms with E-state index in [4.69, 9.17) is 5.73 Å². The first-order valence-corrected chi connectivity index (χ1v) is 8.44. The zero-order valence-corrected chi connectivity index (χ0v) is 11.9. The first-order chi connectivity index (χ1) is 8.38. The molecule has 18 heavy (non-hydrogen) atoms. The molecule has 6 nitrogen and oxygen atoms in total. The van der Waals surface area contributed by atoms with E-state index in [2.05, 4.69) is 9.71 Å². The molecule has 1 aromatic heterocycles. The summed E-state index contributed by atoms with van der Waals surface area (Å²) in [6.07, 6.45) is 3.03. The molecule has 3 N–H and O–H groups in total. The van der Waals surface area contributed by atoms with E-state index in [0.717, 1.165) is 0 Å². The van der Waals surface area contributed by atoms with Crippen molar-refractivity contribution in [2.75, 3.05) is 12.8 Å². The Morgan fingerprint density at radius 2 is 2.22 bits per heavy atom. The number of hydrogen-bond acceptors (Lipinski definition) is 5. The van der Waals surface area contributed by atoms with E-state index in [1.807, 2.05) is 0 Å². The number of nitrogens with two attached hydrogens (primary N) is 1. The number of sulfonamides is 1. The molecule has 1 heterocycles. The van der Waals surface area contributed by atoms with Crippen LogP contribution < -0.4 is 10.5 Å². The summed E-state index contributed by atoms with van der Waals surface area (Å²) in [5, 5.41) is -0.252. The fourth-order valence-corrected chi connectivity index (χ4v) is 3.00. The Labute approximate surface area is 110 Å². The summed E-state index contributed by atoms with van der Waals surface area (Å²) in [5.74, 6) is 0. The van der Waals surface area contributed by atoms with Crippen molar-refractivity contribution in [3.63, 3.8) is 0 Å². The molecule has 0 spiro atoms. The molecular formula is C10H17N3O3S2. The van der Waals surface area contributed by atoms with Gasteiger partial charge < -0.3 is 5.73 Å². The number of nitrogens with zero attached hydrogens (tertiary/aromatic N) is 1. The predicted octanol–water partition coefficient (Wildman–Crippen LogP) is -0.414. The monoisotopic (exact) mass is 291 g/mol. The lowest BCUT2D eigenvalue weighted by molar-refractivity contribution is 0.578. The van der Waals surface area contributed by atoms with Gasteiger partial charge in [0.25, 0.3) is 0 Å². The Balaban J connectivity index is 2.90. The second-order valence-electron chi connectivity index (χ2n) is 3.81. The van der Waals surface area contributed by atoms with E-state index in [9.17, 15) is 12.6 Å². The third-order valence-electron chi connectivity index (χ3n) is 2.46. The minimum Gasteiger partial charge on any atom is -0.325 e. The van der Waals surface area contributed by atoms with Gasteiger partial charge in [0.15, 0.2) is 0 Å². The molecule has 0 radical (unpaired) electrons. The molecule has 0 aliphatic rings. The average molecular weight is 291 g/mol. The van der Waals surface area contributed by atoms with Gasteiger partial charge in [-0.3, -0.25) is 9.19 Å². The zero-order chi connectivity index (χ0) is 13.8. The molecule has 0 aliphatic carbocycles. The Morgan fingerprint density at radius 3 is 2.78 bits per heavy atom. The van der Waals surface area contributed by atoms with Gasteiger partial charge >= 0.3 is 0 Å². The maximum atomic E-state index is 12.0. The smallest absolute Gasteiger partial charge is 0.242 e. The van der Waals surface area contributed by atoms with Gasteiger partial charge in [-0.25, -0.2) is 13.1 Å². The minimum absolute atomic E-state index is 0.0480. The molecule has 1 rings (SSSR count). The molecule has 1 aromatic rings. The number of hydrogen-bond donors (Lipinski definition) is 2. The summed E-state index contributed by atoms with van der Waals surface area (Å²) in [5.41, 5.74) is 5.76. The van der Waals surface area contributed by atoms with Crippen LogP contribution in [0.3, 0.4) is 0 Å². The maximum absolute atomic E-state index is 12.0. The van der Waals surface area contributed by atoms with E-state index in [1.54, 1.807) is 6.92 Å². The molecule has 2 unspecified atom stereocenters. The SMILES string of the molecule is CC(CNS(=O)(=O)c1cccnc1CN)S(C)=O. The molecule has 0 aromatic carbocycles. The van der Waals surface area contributed by atoms with Crippen LogP contribution in [0.25, 0.3) is 0 Å². The standard InChI is InChI=1S/C10H17N3O3S2/c1-8(17(2)14)7-13-18(15,16)10-4-3-5-12-9(10)6-11/h3-5,8,13H,6-7,11H2,1-2H3. The molecule has 0 saturated heterocycles. The lowest BCUT2D eigenvalue weighted by Gasteiger charge is -2.12. The van der Waals surface area contributed by atoms with E-state index >= 15 is 0 Å². The van der Waals surface area contributed by atoms with Crippen molar-refractivity contribution in [2.24, 2.45) is 5.73 Å². The van der Waals surface area contributed by atoms with Crippen LogP contribution in [0.4, 0.5) is 0 Å². The van der Waals surface area contributed by atoms with Crippen LogP contribution in [0.15, 0.2) is 23.2 Å². The van der Waals surface area contributed by atoms with E-state index in [-0.39, 0.29) is 23.2 Å². The third-order valence-corrected chi connectivity index (χ3v) is 5.26. The summed E-state index contributed by atoms with van der Waals surface area (Å²) >= 11 is 0. The Kier molecular flexibility index (Phi) is 5.39. The van der Waals surface area contributed by atoms with Crippen molar-refractivity contribution >= 4 is 20.8 Å². The van der Waals surface area contributed by atoms with Crippen LogP contribution in [0.5, 0.6) is 0 Å². The normalized spacial score (nSPS) is 15.3. The van der Waals surface area contributed by atoms with Gasteiger partial charge in [-0.1, -0.05) is 0 Å². The maximum Gasteiger partial charge on any atom is 0.242 e. The average Bonchev–Trinajstić information content (AvgIpc) is 2.35. The lowest BCUT2D eigenvalue weighted by Crippen LogP contribution is -2.33. The highest BCUT2D eigenvalue weighted by atomic mass is 32.2. The Hall–Kier alpha value is -0.830. The zero-order valence-electron chi connectivity index (χ0n) is 10.3. The van der Waals surface area contributed by atoms with E-state index < -0.39 is 20.8 Å². The molecule has 0 fully saturated rings. The van der Waals surface area contributed by atoms with Gasteiger partial charge in [-0.2, -0.15) is 0 Å². The van der Waals surface area contributed by atoms with Crippen LogP contribution in [-0.4, -0.2) is 35.7 Å². The van der Waals surface area contributed by atoms with E-state index in [1.165, 1.54) is 24.6 Å². The largest absolute Gasteiger partial charge is 0.325 e. The summed E-state index contributed by atoms with van der Waals surface area (Å²) in [6.45, 7) is 1.88. The minimum atomic E-state index is -3.66. The molecule has 0 aliphatic heterocycles. The van der Waals surface area contributed by atoms with Gasteiger partial charge in [0.1, 0.15) is 4.90 Å². The predicted molar refractivity (Wildman–Crippen MR) is 70.8 cm³/mol. The van der Waals surface area contributed by atoms with Gasteiger partial charge in [-0.05, 0) is 19.1 Å². The third kappa shape index (κ3) is 3.84. The van der Waals surface area contributed by atoms with Crippen molar-refractivity contribution in [3.05, 3.63) is 24.0 Å².